The predicted molar refractivity (Wildman–Crippen MR) is 82.2 cm³/mol. The third kappa shape index (κ3) is 2.32. The van der Waals surface area contributed by atoms with Crippen molar-refractivity contribution in [3.63, 3.8) is 0 Å². The lowest BCUT2D eigenvalue weighted by Crippen LogP contribution is -2.21. The van der Waals surface area contributed by atoms with E-state index in [0.29, 0.717) is 12.0 Å². The molecule has 4 heteroatoms. The second kappa shape index (κ2) is 5.25. The van der Waals surface area contributed by atoms with E-state index < -0.39 is 0 Å². The van der Waals surface area contributed by atoms with Crippen LogP contribution in [0.2, 0.25) is 0 Å². The van der Waals surface area contributed by atoms with Crippen molar-refractivity contribution in [3.8, 4) is 0 Å². The second-order valence-electron chi connectivity index (χ2n) is 5.45. The van der Waals surface area contributed by atoms with E-state index in [2.05, 4.69) is 57.9 Å². The Morgan fingerprint density at radius 3 is 3.00 bits per heavy atom. The van der Waals surface area contributed by atoms with Gasteiger partial charge in [-0.1, -0.05) is 29.8 Å². The number of fused-ring (bicyclic) bond motifs is 1. The van der Waals surface area contributed by atoms with Crippen LogP contribution in [0.5, 0.6) is 0 Å². The fourth-order valence-electron chi connectivity index (χ4n) is 3.00. The molecule has 1 aromatic carbocycles. The van der Waals surface area contributed by atoms with Crippen molar-refractivity contribution in [2.75, 3.05) is 6.54 Å². The van der Waals surface area contributed by atoms with Crippen LogP contribution in [-0.2, 0) is 6.54 Å². The Labute approximate surface area is 122 Å². The van der Waals surface area contributed by atoms with Gasteiger partial charge in [0.15, 0.2) is 0 Å². The smallest absolute Gasteiger partial charge is 0.127 e. The minimum absolute atomic E-state index is 0.401. The number of hydrogen-bond donors (Lipinski definition) is 1. The Morgan fingerprint density at radius 2 is 2.32 bits per heavy atom. The summed E-state index contributed by atoms with van der Waals surface area (Å²) in [5, 5.41) is 3.60. The first-order valence-electron chi connectivity index (χ1n) is 7.09. The quantitative estimate of drug-likeness (QED) is 0.929. The zero-order valence-corrected chi connectivity index (χ0v) is 13.1. The van der Waals surface area contributed by atoms with Crippen molar-refractivity contribution in [2.45, 2.75) is 39.3 Å². The fraction of sp³-hybridized carbons (Fsp3) is 0.533. The van der Waals surface area contributed by atoms with Gasteiger partial charge in [-0.2, -0.15) is 0 Å². The van der Waals surface area contributed by atoms with Gasteiger partial charge in [0.25, 0.3) is 0 Å². The Kier molecular flexibility index (Phi) is 3.63. The minimum atomic E-state index is 0.401. The zero-order valence-electron chi connectivity index (χ0n) is 11.5. The molecule has 3 rings (SSSR count). The van der Waals surface area contributed by atoms with Gasteiger partial charge in [0.1, 0.15) is 5.82 Å². The normalized spacial score (nSPS) is 23.3. The van der Waals surface area contributed by atoms with Crippen molar-refractivity contribution in [2.24, 2.45) is 5.92 Å². The lowest BCUT2D eigenvalue weighted by Gasteiger charge is -2.17. The predicted octanol–water partition coefficient (Wildman–Crippen LogP) is 3.88. The number of halogens is 1. The SMILES string of the molecule is CCCn1c(C2NCCC2C)nc2cc(Br)ccc21. The summed E-state index contributed by atoms with van der Waals surface area (Å²) in [5.74, 6) is 1.87. The molecule has 2 heterocycles. The molecule has 0 saturated carbocycles. The Hall–Kier alpha value is -0.870. The molecular weight excluding hydrogens is 302 g/mol. The maximum absolute atomic E-state index is 4.89. The van der Waals surface area contributed by atoms with Crippen LogP contribution in [0.1, 0.15) is 38.6 Å². The number of benzene rings is 1. The largest absolute Gasteiger partial charge is 0.327 e. The van der Waals surface area contributed by atoms with Gasteiger partial charge in [0, 0.05) is 11.0 Å². The number of aromatic nitrogens is 2. The highest BCUT2D eigenvalue weighted by Gasteiger charge is 2.29. The summed E-state index contributed by atoms with van der Waals surface area (Å²) in [7, 11) is 0. The molecule has 2 unspecified atom stereocenters. The molecular formula is C15H20BrN3. The van der Waals surface area contributed by atoms with E-state index in [4.69, 9.17) is 4.98 Å². The summed E-state index contributed by atoms with van der Waals surface area (Å²) in [4.78, 5) is 4.89. The van der Waals surface area contributed by atoms with Gasteiger partial charge in [0.2, 0.25) is 0 Å². The highest BCUT2D eigenvalue weighted by atomic mass is 79.9. The van der Waals surface area contributed by atoms with Crippen LogP contribution in [0.4, 0.5) is 0 Å². The van der Waals surface area contributed by atoms with Gasteiger partial charge < -0.3 is 9.88 Å². The van der Waals surface area contributed by atoms with Gasteiger partial charge in [0.05, 0.1) is 17.1 Å². The van der Waals surface area contributed by atoms with E-state index in [-0.39, 0.29) is 0 Å². The molecule has 1 fully saturated rings. The molecule has 19 heavy (non-hydrogen) atoms. The van der Waals surface area contributed by atoms with E-state index in [1.807, 2.05) is 0 Å². The van der Waals surface area contributed by atoms with Gasteiger partial charge in [-0.15, -0.1) is 0 Å². The first kappa shape index (κ1) is 13.1. The topological polar surface area (TPSA) is 29.9 Å². The third-order valence-electron chi connectivity index (χ3n) is 4.00. The first-order valence-corrected chi connectivity index (χ1v) is 7.89. The molecule has 2 aromatic rings. The van der Waals surface area contributed by atoms with Crippen molar-refractivity contribution in [3.05, 3.63) is 28.5 Å². The van der Waals surface area contributed by atoms with E-state index >= 15 is 0 Å². The average molecular weight is 322 g/mol. The van der Waals surface area contributed by atoms with Gasteiger partial charge in [-0.05, 0) is 43.5 Å². The summed E-state index contributed by atoms with van der Waals surface area (Å²) < 4.78 is 3.49. The summed E-state index contributed by atoms with van der Waals surface area (Å²) >= 11 is 3.54. The Balaban J connectivity index is 2.13. The number of imidazole rings is 1. The number of aryl methyl sites for hydroxylation is 1. The third-order valence-corrected chi connectivity index (χ3v) is 4.49. The number of rotatable bonds is 3. The molecule has 1 N–H and O–H groups in total. The zero-order chi connectivity index (χ0) is 13.4. The molecule has 1 aliphatic rings. The van der Waals surface area contributed by atoms with Crippen LogP contribution in [0, 0.1) is 5.92 Å². The molecule has 2 atom stereocenters. The molecule has 3 nitrogen and oxygen atoms in total. The van der Waals surface area contributed by atoms with E-state index in [1.165, 1.54) is 17.8 Å². The van der Waals surface area contributed by atoms with Gasteiger partial charge >= 0.3 is 0 Å². The van der Waals surface area contributed by atoms with Gasteiger partial charge in [-0.25, -0.2) is 4.98 Å². The first-order chi connectivity index (χ1) is 9.20. The molecule has 1 aliphatic heterocycles. The molecule has 0 aliphatic carbocycles. The Bertz CT molecular complexity index is 590. The van der Waals surface area contributed by atoms with E-state index in [0.717, 1.165) is 29.5 Å². The van der Waals surface area contributed by atoms with Crippen LogP contribution in [0.3, 0.4) is 0 Å². The summed E-state index contributed by atoms with van der Waals surface area (Å²) in [6.07, 6.45) is 2.37. The lowest BCUT2D eigenvalue weighted by atomic mass is 10.0. The van der Waals surface area contributed by atoms with Crippen LogP contribution < -0.4 is 5.32 Å². The maximum Gasteiger partial charge on any atom is 0.127 e. The Morgan fingerprint density at radius 1 is 1.47 bits per heavy atom. The van der Waals surface area contributed by atoms with Crippen LogP contribution in [0.25, 0.3) is 11.0 Å². The molecule has 0 bridgehead atoms. The summed E-state index contributed by atoms with van der Waals surface area (Å²) in [5.41, 5.74) is 2.35. The van der Waals surface area contributed by atoms with Crippen LogP contribution >= 0.6 is 15.9 Å². The summed E-state index contributed by atoms with van der Waals surface area (Å²) in [6.45, 7) is 6.68. The van der Waals surface area contributed by atoms with Crippen LogP contribution in [-0.4, -0.2) is 16.1 Å². The highest BCUT2D eigenvalue weighted by Crippen LogP contribution is 2.31. The molecule has 0 amide bonds. The fourth-order valence-corrected chi connectivity index (χ4v) is 3.35. The van der Waals surface area contributed by atoms with E-state index in [9.17, 15) is 0 Å². The van der Waals surface area contributed by atoms with Crippen molar-refractivity contribution < 1.29 is 0 Å². The number of nitrogens with zero attached hydrogens (tertiary/aromatic N) is 2. The second-order valence-corrected chi connectivity index (χ2v) is 6.37. The highest BCUT2D eigenvalue weighted by molar-refractivity contribution is 9.10. The molecule has 102 valence electrons. The lowest BCUT2D eigenvalue weighted by molar-refractivity contribution is 0.457. The number of nitrogens with one attached hydrogen (secondary N) is 1. The molecule has 1 aromatic heterocycles. The van der Waals surface area contributed by atoms with E-state index in [1.54, 1.807) is 0 Å². The number of hydrogen-bond acceptors (Lipinski definition) is 2. The van der Waals surface area contributed by atoms with Crippen LogP contribution in [0.15, 0.2) is 22.7 Å². The van der Waals surface area contributed by atoms with Crippen molar-refractivity contribution in [1.82, 2.24) is 14.9 Å². The summed E-state index contributed by atoms with van der Waals surface area (Å²) in [6, 6.07) is 6.79. The van der Waals surface area contributed by atoms with Gasteiger partial charge in [-0.3, -0.25) is 0 Å². The standard InChI is InChI=1S/C15H20BrN3/c1-3-8-19-13-5-4-11(16)9-12(13)18-15(19)14-10(2)6-7-17-14/h4-5,9-10,14,17H,3,6-8H2,1-2H3. The molecule has 0 spiro atoms. The monoisotopic (exact) mass is 321 g/mol. The average Bonchev–Trinajstić information content (AvgIpc) is 2.94. The molecule has 1 saturated heterocycles. The maximum atomic E-state index is 4.89. The van der Waals surface area contributed by atoms with Crippen molar-refractivity contribution >= 4 is 27.0 Å². The minimum Gasteiger partial charge on any atom is -0.327 e. The van der Waals surface area contributed by atoms with Crippen molar-refractivity contribution in [1.29, 1.82) is 0 Å². The molecule has 0 radical (unpaired) electrons.